The van der Waals surface area contributed by atoms with E-state index in [2.05, 4.69) is 24.2 Å². The molecule has 1 aliphatic heterocycles. The number of rotatable bonds is 8. The number of likely N-dealkylation sites (N-methyl/N-ethyl adjacent to an activating group) is 1. The van der Waals surface area contributed by atoms with Crippen LogP contribution in [-0.2, 0) is 9.47 Å². The molecule has 0 spiro atoms. The van der Waals surface area contributed by atoms with Crippen molar-refractivity contribution in [2.45, 2.75) is 31.9 Å². The number of ether oxygens (including phenoxy) is 2. The Morgan fingerprint density at radius 1 is 1.56 bits per heavy atom. The first-order valence-electron chi connectivity index (χ1n) is 6.25. The highest BCUT2D eigenvalue weighted by atomic mass is 16.5. The lowest BCUT2D eigenvalue weighted by atomic mass is 10.2. The molecule has 0 aliphatic carbocycles. The van der Waals surface area contributed by atoms with Crippen LogP contribution in [0.2, 0.25) is 0 Å². The third-order valence-electron chi connectivity index (χ3n) is 3.19. The van der Waals surface area contributed by atoms with Crippen molar-refractivity contribution in [3.63, 3.8) is 0 Å². The molecule has 0 bridgehead atoms. The number of nitrogens with one attached hydrogen (secondary N) is 1. The minimum Gasteiger partial charge on any atom is -0.383 e. The van der Waals surface area contributed by atoms with Gasteiger partial charge in [-0.2, -0.15) is 0 Å². The van der Waals surface area contributed by atoms with Crippen LogP contribution in [0.15, 0.2) is 0 Å². The van der Waals surface area contributed by atoms with Gasteiger partial charge < -0.3 is 14.8 Å². The van der Waals surface area contributed by atoms with Crippen LogP contribution < -0.4 is 5.32 Å². The fourth-order valence-corrected chi connectivity index (χ4v) is 1.93. The van der Waals surface area contributed by atoms with Crippen LogP contribution in [0, 0.1) is 0 Å². The fraction of sp³-hybridized carbons (Fsp3) is 1.00. The topological polar surface area (TPSA) is 33.7 Å². The molecule has 0 radical (unpaired) electrons. The van der Waals surface area contributed by atoms with Crippen molar-refractivity contribution in [1.82, 2.24) is 10.2 Å². The molecule has 2 unspecified atom stereocenters. The monoisotopic (exact) mass is 230 g/mol. The van der Waals surface area contributed by atoms with Gasteiger partial charge in [0.15, 0.2) is 0 Å². The third-order valence-corrected chi connectivity index (χ3v) is 3.19. The van der Waals surface area contributed by atoms with E-state index < -0.39 is 0 Å². The molecule has 2 atom stereocenters. The van der Waals surface area contributed by atoms with Crippen LogP contribution in [0.3, 0.4) is 0 Å². The maximum Gasteiger partial charge on any atom is 0.0702 e. The van der Waals surface area contributed by atoms with Gasteiger partial charge in [0.2, 0.25) is 0 Å². The van der Waals surface area contributed by atoms with E-state index in [4.69, 9.17) is 9.47 Å². The average molecular weight is 230 g/mol. The maximum absolute atomic E-state index is 5.63. The summed E-state index contributed by atoms with van der Waals surface area (Å²) in [7, 11) is 3.90. The summed E-state index contributed by atoms with van der Waals surface area (Å²) in [6, 6.07) is 0.543. The molecule has 1 fully saturated rings. The molecule has 0 saturated carbocycles. The molecule has 1 rings (SSSR count). The van der Waals surface area contributed by atoms with Gasteiger partial charge in [-0.1, -0.05) is 0 Å². The normalized spacial score (nSPS) is 22.9. The van der Waals surface area contributed by atoms with E-state index in [1.54, 1.807) is 7.11 Å². The fourth-order valence-electron chi connectivity index (χ4n) is 1.93. The molecule has 4 heteroatoms. The summed E-state index contributed by atoms with van der Waals surface area (Å²) < 4.78 is 10.6. The van der Waals surface area contributed by atoms with Gasteiger partial charge in [0, 0.05) is 39.4 Å². The van der Waals surface area contributed by atoms with E-state index >= 15 is 0 Å². The van der Waals surface area contributed by atoms with Crippen LogP contribution in [0.25, 0.3) is 0 Å². The Morgan fingerprint density at radius 3 is 3.00 bits per heavy atom. The molecule has 1 saturated heterocycles. The zero-order valence-corrected chi connectivity index (χ0v) is 10.9. The second kappa shape index (κ2) is 8.01. The Kier molecular flexibility index (Phi) is 6.96. The van der Waals surface area contributed by atoms with Crippen LogP contribution in [0.5, 0.6) is 0 Å². The highest BCUT2D eigenvalue weighted by molar-refractivity contribution is 4.73. The van der Waals surface area contributed by atoms with E-state index in [-0.39, 0.29) is 0 Å². The van der Waals surface area contributed by atoms with Gasteiger partial charge in [-0.3, -0.25) is 4.90 Å². The molecule has 0 aromatic rings. The summed E-state index contributed by atoms with van der Waals surface area (Å²) in [5.41, 5.74) is 0. The molecule has 4 nitrogen and oxygen atoms in total. The molecule has 1 aliphatic rings. The van der Waals surface area contributed by atoms with Crippen LogP contribution in [-0.4, -0.2) is 64.1 Å². The highest BCUT2D eigenvalue weighted by Crippen LogP contribution is 2.13. The number of methoxy groups -OCH3 is 1. The first kappa shape index (κ1) is 13.9. The third kappa shape index (κ3) is 5.25. The van der Waals surface area contributed by atoms with Gasteiger partial charge in [0.05, 0.1) is 12.7 Å². The van der Waals surface area contributed by atoms with E-state index in [1.807, 2.05) is 0 Å². The first-order valence-corrected chi connectivity index (χ1v) is 6.25. The highest BCUT2D eigenvalue weighted by Gasteiger charge is 2.19. The summed E-state index contributed by atoms with van der Waals surface area (Å²) in [5, 5.41) is 3.38. The van der Waals surface area contributed by atoms with E-state index in [0.29, 0.717) is 12.1 Å². The Labute approximate surface area is 99.3 Å². The molecular formula is C12H26N2O2. The van der Waals surface area contributed by atoms with Crippen molar-refractivity contribution < 1.29 is 9.47 Å². The van der Waals surface area contributed by atoms with E-state index in [1.165, 1.54) is 12.8 Å². The molecule has 0 amide bonds. The van der Waals surface area contributed by atoms with Gasteiger partial charge in [-0.25, -0.2) is 0 Å². The molecule has 0 aromatic heterocycles. The van der Waals surface area contributed by atoms with E-state index in [9.17, 15) is 0 Å². The average Bonchev–Trinajstić information content (AvgIpc) is 2.76. The molecule has 1 heterocycles. The van der Waals surface area contributed by atoms with E-state index in [0.717, 1.165) is 32.8 Å². The number of nitrogens with zero attached hydrogens (tertiary/aromatic N) is 1. The van der Waals surface area contributed by atoms with Crippen LogP contribution in [0.1, 0.15) is 19.8 Å². The lowest BCUT2D eigenvalue weighted by Gasteiger charge is -2.27. The van der Waals surface area contributed by atoms with Gasteiger partial charge in [-0.05, 0) is 26.8 Å². The zero-order chi connectivity index (χ0) is 11.8. The molecule has 0 aromatic carbocycles. The van der Waals surface area contributed by atoms with Crippen molar-refractivity contribution in [2.24, 2.45) is 0 Å². The van der Waals surface area contributed by atoms with Crippen molar-refractivity contribution in [1.29, 1.82) is 0 Å². The Bertz CT molecular complexity index is 172. The summed E-state index contributed by atoms with van der Waals surface area (Å²) in [4.78, 5) is 2.37. The second-order valence-electron chi connectivity index (χ2n) is 4.62. The van der Waals surface area contributed by atoms with Crippen molar-refractivity contribution in [3.05, 3.63) is 0 Å². The molecule has 1 N–H and O–H groups in total. The lowest BCUT2D eigenvalue weighted by molar-refractivity contribution is 0.0700. The number of hydrogen-bond donors (Lipinski definition) is 1. The largest absolute Gasteiger partial charge is 0.383 e. The first-order chi connectivity index (χ1) is 7.74. The van der Waals surface area contributed by atoms with Crippen molar-refractivity contribution in [2.75, 3.05) is 47.0 Å². The van der Waals surface area contributed by atoms with Crippen molar-refractivity contribution in [3.8, 4) is 0 Å². The maximum atomic E-state index is 5.63. The predicted molar refractivity (Wildman–Crippen MR) is 65.8 cm³/mol. The Hall–Kier alpha value is -0.160. The van der Waals surface area contributed by atoms with Gasteiger partial charge >= 0.3 is 0 Å². The second-order valence-corrected chi connectivity index (χ2v) is 4.62. The predicted octanol–water partition coefficient (Wildman–Crippen LogP) is 0.722. The zero-order valence-electron chi connectivity index (χ0n) is 10.9. The molecule has 96 valence electrons. The Morgan fingerprint density at radius 2 is 2.38 bits per heavy atom. The van der Waals surface area contributed by atoms with Gasteiger partial charge in [0.25, 0.3) is 0 Å². The van der Waals surface area contributed by atoms with Crippen LogP contribution in [0.4, 0.5) is 0 Å². The van der Waals surface area contributed by atoms with Crippen molar-refractivity contribution >= 4 is 0 Å². The quantitative estimate of drug-likeness (QED) is 0.623. The smallest absolute Gasteiger partial charge is 0.0702 e. The summed E-state index contributed by atoms with van der Waals surface area (Å²) in [6.45, 7) is 6.95. The van der Waals surface area contributed by atoms with Gasteiger partial charge in [-0.15, -0.1) is 0 Å². The Balaban J connectivity index is 2.06. The molecular weight excluding hydrogens is 204 g/mol. The molecule has 16 heavy (non-hydrogen) atoms. The van der Waals surface area contributed by atoms with Gasteiger partial charge in [0.1, 0.15) is 0 Å². The lowest BCUT2D eigenvalue weighted by Crippen LogP contribution is -2.42. The minimum absolute atomic E-state index is 0.450. The summed E-state index contributed by atoms with van der Waals surface area (Å²) in [5.74, 6) is 0. The standard InChI is InChI=1S/C12H26N2O2/c1-11(9-13-6-8-15-3)14(2)10-12-5-4-7-16-12/h11-13H,4-10H2,1-3H3. The summed E-state index contributed by atoms with van der Waals surface area (Å²) >= 11 is 0. The van der Waals surface area contributed by atoms with Crippen LogP contribution >= 0.6 is 0 Å². The minimum atomic E-state index is 0.450. The SMILES string of the molecule is COCCNCC(C)N(C)CC1CCCO1. The number of hydrogen-bond acceptors (Lipinski definition) is 4. The summed E-state index contributed by atoms with van der Waals surface area (Å²) in [6.07, 6.45) is 2.89.